The summed E-state index contributed by atoms with van der Waals surface area (Å²) in [5.74, 6) is 0.775. The lowest BCUT2D eigenvalue weighted by atomic mass is 10.1. The van der Waals surface area contributed by atoms with Crippen LogP contribution in [0.3, 0.4) is 0 Å². The summed E-state index contributed by atoms with van der Waals surface area (Å²) in [5.41, 5.74) is 0.307. The number of fused-ring (bicyclic) bond motifs is 1. The topological polar surface area (TPSA) is 77.4 Å². The summed E-state index contributed by atoms with van der Waals surface area (Å²) in [6.07, 6.45) is -0.922. The quantitative estimate of drug-likeness (QED) is 0.822. The largest absolute Gasteiger partial charge is 0.444 e. The van der Waals surface area contributed by atoms with E-state index < -0.39 is 11.7 Å². The van der Waals surface area contributed by atoms with Crippen LogP contribution in [0.2, 0.25) is 5.02 Å². The molecule has 27 heavy (non-hydrogen) atoms. The number of halogens is 1. The van der Waals surface area contributed by atoms with Gasteiger partial charge >= 0.3 is 6.09 Å². The molecule has 0 aromatic heterocycles. The van der Waals surface area contributed by atoms with Gasteiger partial charge in [0.25, 0.3) is 0 Å². The number of nitrogens with one attached hydrogen (secondary N) is 1. The maximum absolute atomic E-state index is 12.3. The Hall–Kier alpha value is -1.99. The zero-order valence-corrected chi connectivity index (χ0v) is 16.7. The predicted octanol–water partition coefficient (Wildman–Crippen LogP) is 2.25. The molecule has 1 amide bonds. The first-order chi connectivity index (χ1) is 12.7. The fourth-order valence-corrected chi connectivity index (χ4v) is 3.34. The molecular weight excluding hydrogens is 368 g/mol. The highest BCUT2D eigenvalue weighted by Crippen LogP contribution is 2.20. The van der Waals surface area contributed by atoms with Gasteiger partial charge < -0.3 is 25.0 Å². The second kappa shape index (κ2) is 7.94. The maximum atomic E-state index is 12.3. The Morgan fingerprint density at radius 1 is 1.37 bits per heavy atom. The molecule has 1 saturated heterocycles. The number of hydrogen-bond acceptors (Lipinski definition) is 6. The van der Waals surface area contributed by atoms with E-state index in [1.807, 2.05) is 32.9 Å². The molecule has 2 N–H and O–H groups in total. The van der Waals surface area contributed by atoms with Crippen LogP contribution in [-0.4, -0.2) is 71.3 Å². The van der Waals surface area contributed by atoms with Crippen LogP contribution in [-0.2, 0) is 4.74 Å². The van der Waals surface area contributed by atoms with Crippen molar-refractivity contribution in [3.63, 3.8) is 0 Å². The Labute approximate surface area is 165 Å². The van der Waals surface area contributed by atoms with E-state index in [9.17, 15) is 9.90 Å². The molecule has 0 spiro atoms. The van der Waals surface area contributed by atoms with Crippen molar-refractivity contribution in [1.29, 1.82) is 0 Å². The molecule has 2 heterocycles. The fourth-order valence-electron chi connectivity index (χ4n) is 3.21. The summed E-state index contributed by atoms with van der Waals surface area (Å²) in [7, 11) is 0. The summed E-state index contributed by atoms with van der Waals surface area (Å²) in [6, 6.07) is 7.29. The van der Waals surface area contributed by atoms with Crippen LogP contribution in [0.25, 0.3) is 0 Å². The monoisotopic (exact) mass is 394 g/mol. The van der Waals surface area contributed by atoms with Crippen LogP contribution in [0.1, 0.15) is 32.4 Å². The minimum absolute atomic E-state index is 0.140. The van der Waals surface area contributed by atoms with Crippen molar-refractivity contribution in [2.45, 2.75) is 38.5 Å². The van der Waals surface area contributed by atoms with Crippen molar-refractivity contribution in [3.05, 3.63) is 34.9 Å². The first kappa shape index (κ1) is 19.8. The van der Waals surface area contributed by atoms with E-state index in [1.165, 1.54) is 0 Å². The lowest BCUT2D eigenvalue weighted by Gasteiger charge is -2.39. The van der Waals surface area contributed by atoms with Crippen molar-refractivity contribution in [2.75, 3.05) is 32.7 Å². The number of aliphatic hydroxyl groups excluding tert-OH is 1. The van der Waals surface area contributed by atoms with Crippen LogP contribution in [0.5, 0.6) is 0 Å². The van der Waals surface area contributed by atoms with Gasteiger partial charge in [-0.25, -0.2) is 4.79 Å². The second-order valence-corrected chi connectivity index (χ2v) is 8.32. The zero-order chi connectivity index (χ0) is 19.6. The summed E-state index contributed by atoms with van der Waals surface area (Å²) >= 11 is 5.88. The minimum atomic E-state index is -0.646. The van der Waals surface area contributed by atoms with Crippen LogP contribution in [0, 0.1) is 0 Å². The average molecular weight is 395 g/mol. The Morgan fingerprint density at radius 2 is 2.07 bits per heavy atom. The minimum Gasteiger partial charge on any atom is -0.444 e. The molecule has 1 fully saturated rings. The molecular formula is C19H27ClN4O3. The molecule has 3 rings (SSSR count). The number of aliphatic hydroxyl groups is 1. The summed E-state index contributed by atoms with van der Waals surface area (Å²) in [5, 5.41) is 14.2. The molecule has 2 atom stereocenters. The van der Waals surface area contributed by atoms with E-state index >= 15 is 0 Å². The Balaban J connectivity index is 1.50. The van der Waals surface area contributed by atoms with Crippen LogP contribution >= 0.6 is 11.6 Å². The standard InChI is InChI=1S/C19H27ClN4O3/c1-19(2,3)27-18(26)23-8-9-24-15(12-23)10-21-17(24)22-11-16(25)13-4-6-14(20)7-5-13/h4-7,15-16,25H,8-12H2,1-3H3,(H,21,22). The van der Waals surface area contributed by atoms with E-state index in [0.29, 0.717) is 37.7 Å². The molecule has 8 heteroatoms. The molecule has 148 valence electrons. The number of guanidine groups is 1. The molecule has 2 aliphatic heterocycles. The van der Waals surface area contributed by atoms with E-state index in [2.05, 4.69) is 15.2 Å². The lowest BCUT2D eigenvalue weighted by molar-refractivity contribution is 0.0137. The molecule has 7 nitrogen and oxygen atoms in total. The third-order valence-corrected chi connectivity index (χ3v) is 4.82. The van der Waals surface area contributed by atoms with Gasteiger partial charge in [-0.05, 0) is 38.5 Å². The van der Waals surface area contributed by atoms with Crippen LogP contribution < -0.4 is 5.32 Å². The highest BCUT2D eigenvalue weighted by atomic mass is 35.5. The van der Waals surface area contributed by atoms with E-state index in [4.69, 9.17) is 16.3 Å². The zero-order valence-electron chi connectivity index (χ0n) is 16.0. The first-order valence-electron chi connectivity index (χ1n) is 9.19. The molecule has 2 unspecified atom stereocenters. The van der Waals surface area contributed by atoms with Crippen molar-refractivity contribution >= 4 is 23.7 Å². The number of amides is 1. The number of piperazine rings is 1. The van der Waals surface area contributed by atoms with Gasteiger partial charge in [0.2, 0.25) is 0 Å². The molecule has 0 saturated carbocycles. The summed E-state index contributed by atoms with van der Waals surface area (Å²) in [6.45, 7) is 8.45. The molecule has 1 aromatic rings. The highest BCUT2D eigenvalue weighted by Gasteiger charge is 2.36. The van der Waals surface area contributed by atoms with Gasteiger partial charge in [-0.2, -0.15) is 0 Å². The molecule has 2 aliphatic rings. The fraction of sp³-hybridized carbons (Fsp3) is 0.579. The number of hydrogen-bond donors (Lipinski definition) is 2. The average Bonchev–Trinajstić information content (AvgIpc) is 3.01. The Kier molecular flexibility index (Phi) is 5.81. The number of aliphatic imine (C=N–C) groups is 1. The van der Waals surface area contributed by atoms with Crippen molar-refractivity contribution in [1.82, 2.24) is 15.1 Å². The van der Waals surface area contributed by atoms with Gasteiger partial charge in [0, 0.05) is 31.2 Å². The number of nitrogens with zero attached hydrogens (tertiary/aromatic N) is 3. The van der Waals surface area contributed by atoms with E-state index in [1.54, 1.807) is 17.0 Å². The number of carbonyl (C=O) groups is 1. The maximum Gasteiger partial charge on any atom is 0.410 e. The third kappa shape index (κ3) is 5.05. The number of ether oxygens (including phenoxy) is 1. The van der Waals surface area contributed by atoms with Crippen molar-refractivity contribution in [3.8, 4) is 0 Å². The van der Waals surface area contributed by atoms with Crippen molar-refractivity contribution < 1.29 is 14.6 Å². The van der Waals surface area contributed by atoms with Crippen molar-refractivity contribution in [2.24, 2.45) is 4.99 Å². The first-order valence-corrected chi connectivity index (χ1v) is 9.57. The number of benzene rings is 1. The molecule has 0 radical (unpaired) electrons. The highest BCUT2D eigenvalue weighted by molar-refractivity contribution is 6.30. The number of rotatable bonds is 3. The Bertz CT molecular complexity index is 702. The molecule has 0 aliphatic carbocycles. The van der Waals surface area contributed by atoms with Crippen LogP contribution in [0.4, 0.5) is 4.79 Å². The normalized spacial score (nSPS) is 20.8. The predicted molar refractivity (Wildman–Crippen MR) is 105 cm³/mol. The van der Waals surface area contributed by atoms with Gasteiger partial charge in [-0.15, -0.1) is 0 Å². The smallest absolute Gasteiger partial charge is 0.410 e. The van der Waals surface area contributed by atoms with E-state index in [-0.39, 0.29) is 12.1 Å². The van der Waals surface area contributed by atoms with Gasteiger partial charge in [0.15, 0.2) is 5.96 Å². The molecule has 0 bridgehead atoms. The third-order valence-electron chi connectivity index (χ3n) is 4.57. The van der Waals surface area contributed by atoms with Gasteiger partial charge in [-0.3, -0.25) is 4.99 Å². The van der Waals surface area contributed by atoms with Gasteiger partial charge in [0.1, 0.15) is 5.60 Å². The van der Waals surface area contributed by atoms with Gasteiger partial charge in [-0.1, -0.05) is 23.7 Å². The second-order valence-electron chi connectivity index (χ2n) is 7.89. The molecule has 1 aromatic carbocycles. The summed E-state index contributed by atoms with van der Waals surface area (Å²) < 4.78 is 5.46. The van der Waals surface area contributed by atoms with Gasteiger partial charge in [0.05, 0.1) is 18.7 Å². The van der Waals surface area contributed by atoms with E-state index in [0.717, 1.165) is 11.5 Å². The number of carbonyl (C=O) groups excluding carboxylic acids is 1. The summed E-state index contributed by atoms with van der Waals surface area (Å²) in [4.78, 5) is 20.7. The Morgan fingerprint density at radius 3 is 2.74 bits per heavy atom. The van der Waals surface area contributed by atoms with Crippen LogP contribution in [0.15, 0.2) is 29.3 Å². The lowest BCUT2D eigenvalue weighted by Crippen LogP contribution is -2.57. The SMILES string of the molecule is CC(C)(C)OC(=O)N1CCN2C(NCC(O)c3ccc(Cl)cc3)=NCC2C1.